The van der Waals surface area contributed by atoms with Gasteiger partial charge < -0.3 is 15.2 Å². The van der Waals surface area contributed by atoms with E-state index in [-0.39, 0.29) is 6.61 Å². The number of nitrogens with one attached hydrogen (secondary N) is 1. The molecule has 0 aromatic heterocycles. The highest BCUT2D eigenvalue weighted by atomic mass is 16.5. The molecule has 20 heavy (non-hydrogen) atoms. The summed E-state index contributed by atoms with van der Waals surface area (Å²) in [6.45, 7) is 5.56. The summed E-state index contributed by atoms with van der Waals surface area (Å²) in [5.41, 5.74) is 2.06. The van der Waals surface area contributed by atoms with Gasteiger partial charge in [0.1, 0.15) is 11.8 Å². The van der Waals surface area contributed by atoms with Crippen molar-refractivity contribution in [3.05, 3.63) is 29.3 Å². The third kappa shape index (κ3) is 4.91. The Kier molecular flexibility index (Phi) is 6.03. The summed E-state index contributed by atoms with van der Waals surface area (Å²) in [7, 11) is 0. The number of carbonyl (C=O) groups excluding carboxylic acids is 1. The maximum atomic E-state index is 11.7. The van der Waals surface area contributed by atoms with E-state index >= 15 is 0 Å². The molecule has 2 N–H and O–H groups in total. The van der Waals surface area contributed by atoms with Gasteiger partial charge in [0.15, 0.2) is 6.61 Å². The van der Waals surface area contributed by atoms with Crippen LogP contribution in [0.3, 0.4) is 0 Å². The highest BCUT2D eigenvalue weighted by molar-refractivity contribution is 5.84. The predicted octanol–water partition coefficient (Wildman–Crippen LogP) is 2.05. The average Bonchev–Trinajstić information content (AvgIpc) is 2.37. The normalized spacial score (nSPS) is 11.8. The molecule has 0 radical (unpaired) electrons. The van der Waals surface area contributed by atoms with Crippen molar-refractivity contribution in [2.24, 2.45) is 0 Å². The van der Waals surface area contributed by atoms with E-state index < -0.39 is 17.9 Å². The van der Waals surface area contributed by atoms with Crippen LogP contribution in [0.25, 0.3) is 0 Å². The number of aliphatic carboxylic acids is 1. The monoisotopic (exact) mass is 279 g/mol. The van der Waals surface area contributed by atoms with Crippen LogP contribution >= 0.6 is 0 Å². The quantitative estimate of drug-likeness (QED) is 0.801. The van der Waals surface area contributed by atoms with Crippen LogP contribution in [-0.4, -0.2) is 29.6 Å². The lowest BCUT2D eigenvalue weighted by Crippen LogP contribution is -2.42. The number of carboxylic acids is 1. The third-order valence-electron chi connectivity index (χ3n) is 2.90. The molecule has 0 aliphatic carbocycles. The van der Waals surface area contributed by atoms with Gasteiger partial charge in [-0.25, -0.2) is 4.79 Å². The second-order valence-corrected chi connectivity index (χ2v) is 4.80. The zero-order valence-electron chi connectivity index (χ0n) is 12.1. The standard InChI is InChI=1S/C15H21NO4/c1-4-5-12(15(18)19)16-14(17)9-20-13-7-6-10(2)8-11(13)3/h6-8,12H,4-5,9H2,1-3H3,(H,16,17)(H,18,19)/t12-/m0/s1. The largest absolute Gasteiger partial charge is 0.484 e. The molecular formula is C15H21NO4. The van der Waals surface area contributed by atoms with Gasteiger partial charge in [0.2, 0.25) is 0 Å². The van der Waals surface area contributed by atoms with Gasteiger partial charge in [-0.2, -0.15) is 0 Å². The lowest BCUT2D eigenvalue weighted by Gasteiger charge is -2.14. The minimum atomic E-state index is -1.02. The fourth-order valence-corrected chi connectivity index (χ4v) is 1.89. The van der Waals surface area contributed by atoms with Crippen molar-refractivity contribution < 1.29 is 19.4 Å². The Morgan fingerprint density at radius 1 is 1.35 bits per heavy atom. The van der Waals surface area contributed by atoms with Crippen LogP contribution in [0.5, 0.6) is 5.75 Å². The Morgan fingerprint density at radius 2 is 2.05 bits per heavy atom. The third-order valence-corrected chi connectivity index (χ3v) is 2.90. The fraction of sp³-hybridized carbons (Fsp3) is 0.467. The van der Waals surface area contributed by atoms with Crippen molar-refractivity contribution in [1.82, 2.24) is 5.32 Å². The summed E-state index contributed by atoms with van der Waals surface area (Å²) in [6, 6.07) is 4.82. The number of aryl methyl sites for hydroxylation is 2. The van der Waals surface area contributed by atoms with Crippen LogP contribution in [-0.2, 0) is 9.59 Å². The van der Waals surface area contributed by atoms with E-state index in [9.17, 15) is 9.59 Å². The molecule has 0 aliphatic rings. The molecule has 0 saturated carbocycles. The summed E-state index contributed by atoms with van der Waals surface area (Å²) in [5, 5.41) is 11.4. The highest BCUT2D eigenvalue weighted by Gasteiger charge is 2.18. The summed E-state index contributed by atoms with van der Waals surface area (Å²) in [6.07, 6.45) is 1.10. The van der Waals surface area contributed by atoms with Gasteiger partial charge in [-0.15, -0.1) is 0 Å². The molecule has 110 valence electrons. The summed E-state index contributed by atoms with van der Waals surface area (Å²) in [4.78, 5) is 22.6. The van der Waals surface area contributed by atoms with Gasteiger partial charge in [-0.05, 0) is 31.9 Å². The number of hydrogen-bond acceptors (Lipinski definition) is 3. The first-order chi connectivity index (χ1) is 9.43. The maximum Gasteiger partial charge on any atom is 0.326 e. The van der Waals surface area contributed by atoms with E-state index in [1.807, 2.05) is 32.9 Å². The number of ether oxygens (including phenoxy) is 1. The predicted molar refractivity (Wildman–Crippen MR) is 75.9 cm³/mol. The molecule has 1 amide bonds. The number of hydrogen-bond donors (Lipinski definition) is 2. The SMILES string of the molecule is CCC[C@H](NC(=O)COc1ccc(C)cc1C)C(=O)O. The van der Waals surface area contributed by atoms with E-state index in [0.29, 0.717) is 18.6 Å². The zero-order valence-corrected chi connectivity index (χ0v) is 12.1. The highest BCUT2D eigenvalue weighted by Crippen LogP contribution is 2.18. The number of carboxylic acid groups (broad SMARTS) is 1. The summed E-state index contributed by atoms with van der Waals surface area (Å²) >= 11 is 0. The van der Waals surface area contributed by atoms with Crippen molar-refractivity contribution in [3.8, 4) is 5.75 Å². The van der Waals surface area contributed by atoms with E-state index in [0.717, 1.165) is 11.1 Å². The number of amides is 1. The first-order valence-electron chi connectivity index (χ1n) is 6.66. The topological polar surface area (TPSA) is 75.6 Å². The summed E-state index contributed by atoms with van der Waals surface area (Å²) in [5.74, 6) is -0.814. The molecule has 5 heteroatoms. The van der Waals surface area contributed by atoms with E-state index in [4.69, 9.17) is 9.84 Å². The van der Waals surface area contributed by atoms with Crippen LogP contribution in [0.15, 0.2) is 18.2 Å². The molecule has 1 rings (SSSR count). The number of benzene rings is 1. The number of carbonyl (C=O) groups is 2. The van der Waals surface area contributed by atoms with Crippen LogP contribution in [0.2, 0.25) is 0 Å². The Hall–Kier alpha value is -2.04. The molecule has 0 heterocycles. The second-order valence-electron chi connectivity index (χ2n) is 4.80. The van der Waals surface area contributed by atoms with Gasteiger partial charge >= 0.3 is 5.97 Å². The van der Waals surface area contributed by atoms with Crippen LogP contribution < -0.4 is 10.1 Å². The lowest BCUT2D eigenvalue weighted by molar-refractivity contribution is -0.142. The van der Waals surface area contributed by atoms with Gasteiger partial charge in [0.05, 0.1) is 0 Å². The van der Waals surface area contributed by atoms with Crippen molar-refractivity contribution in [2.75, 3.05) is 6.61 Å². The smallest absolute Gasteiger partial charge is 0.326 e. The van der Waals surface area contributed by atoms with Crippen LogP contribution in [0, 0.1) is 13.8 Å². The maximum absolute atomic E-state index is 11.7. The average molecular weight is 279 g/mol. The second kappa shape index (κ2) is 7.53. The van der Waals surface area contributed by atoms with Crippen LogP contribution in [0.4, 0.5) is 0 Å². The zero-order chi connectivity index (χ0) is 15.1. The van der Waals surface area contributed by atoms with Gasteiger partial charge in [-0.1, -0.05) is 31.0 Å². The molecule has 1 aromatic carbocycles. The Labute approximate surface area is 118 Å². The van der Waals surface area contributed by atoms with Crippen molar-refractivity contribution >= 4 is 11.9 Å². The minimum Gasteiger partial charge on any atom is -0.484 e. The molecular weight excluding hydrogens is 258 g/mol. The van der Waals surface area contributed by atoms with Gasteiger partial charge in [0, 0.05) is 0 Å². The molecule has 0 spiro atoms. The van der Waals surface area contributed by atoms with E-state index in [2.05, 4.69) is 5.32 Å². The molecule has 0 saturated heterocycles. The molecule has 0 fully saturated rings. The van der Waals surface area contributed by atoms with Crippen molar-refractivity contribution in [1.29, 1.82) is 0 Å². The van der Waals surface area contributed by atoms with E-state index in [1.165, 1.54) is 0 Å². The molecule has 0 unspecified atom stereocenters. The van der Waals surface area contributed by atoms with Crippen molar-refractivity contribution in [3.63, 3.8) is 0 Å². The van der Waals surface area contributed by atoms with Crippen molar-refractivity contribution in [2.45, 2.75) is 39.7 Å². The minimum absolute atomic E-state index is 0.183. The van der Waals surface area contributed by atoms with E-state index in [1.54, 1.807) is 6.07 Å². The molecule has 1 aromatic rings. The molecule has 0 aliphatic heterocycles. The van der Waals surface area contributed by atoms with Gasteiger partial charge in [-0.3, -0.25) is 4.79 Å². The van der Waals surface area contributed by atoms with Crippen LogP contribution in [0.1, 0.15) is 30.9 Å². The summed E-state index contributed by atoms with van der Waals surface area (Å²) < 4.78 is 5.41. The first-order valence-corrected chi connectivity index (χ1v) is 6.66. The lowest BCUT2D eigenvalue weighted by atomic mass is 10.1. The molecule has 0 bridgehead atoms. The first kappa shape index (κ1) is 16.0. The number of rotatable bonds is 7. The fourth-order valence-electron chi connectivity index (χ4n) is 1.89. The Balaban J connectivity index is 2.52. The van der Waals surface area contributed by atoms with Gasteiger partial charge in [0.25, 0.3) is 5.91 Å². The molecule has 1 atom stereocenters. The Bertz CT molecular complexity index is 485. The Morgan fingerprint density at radius 3 is 2.60 bits per heavy atom. The molecule has 5 nitrogen and oxygen atoms in total.